The summed E-state index contributed by atoms with van der Waals surface area (Å²) < 4.78 is 0. The van der Waals surface area contributed by atoms with Crippen molar-refractivity contribution in [2.24, 2.45) is 11.5 Å². The van der Waals surface area contributed by atoms with Crippen molar-refractivity contribution in [3.63, 3.8) is 0 Å². The lowest BCUT2D eigenvalue weighted by atomic mass is 10.2. The molecule has 8 N–H and O–H groups in total. The molecule has 2 unspecified atom stereocenters. The fourth-order valence-electron chi connectivity index (χ4n) is 1.98. The van der Waals surface area contributed by atoms with E-state index in [9.17, 15) is 19.8 Å². The SMILES string of the molecule is CCCN(CCC(=O)NCC(O)CN)CCC(=O)NCC(O)CN. The zero-order chi connectivity index (χ0) is 18.4. The Morgan fingerprint density at radius 1 is 0.917 bits per heavy atom. The summed E-state index contributed by atoms with van der Waals surface area (Å²) in [6.45, 7) is 4.41. The van der Waals surface area contributed by atoms with Gasteiger partial charge >= 0.3 is 0 Å². The number of amides is 2. The van der Waals surface area contributed by atoms with E-state index >= 15 is 0 Å². The van der Waals surface area contributed by atoms with Gasteiger partial charge in [-0.15, -0.1) is 0 Å². The van der Waals surface area contributed by atoms with E-state index in [0.29, 0.717) is 25.9 Å². The van der Waals surface area contributed by atoms with Gasteiger partial charge in [0.25, 0.3) is 0 Å². The molecule has 0 radical (unpaired) electrons. The maximum Gasteiger partial charge on any atom is 0.221 e. The molecule has 0 aliphatic carbocycles. The Bertz CT molecular complexity index is 327. The van der Waals surface area contributed by atoms with Gasteiger partial charge in [0, 0.05) is 52.1 Å². The molecule has 0 saturated heterocycles. The maximum absolute atomic E-state index is 11.7. The molecule has 0 heterocycles. The molecule has 0 aromatic heterocycles. The Morgan fingerprint density at radius 3 is 1.67 bits per heavy atom. The average molecular weight is 347 g/mol. The highest BCUT2D eigenvalue weighted by atomic mass is 16.3. The van der Waals surface area contributed by atoms with Crippen molar-refractivity contribution in [3.05, 3.63) is 0 Å². The third-order valence-corrected chi connectivity index (χ3v) is 3.46. The van der Waals surface area contributed by atoms with Crippen LogP contribution in [0, 0.1) is 0 Å². The van der Waals surface area contributed by atoms with Crippen LogP contribution in [0.4, 0.5) is 0 Å². The third-order valence-electron chi connectivity index (χ3n) is 3.46. The number of carbonyl (C=O) groups is 2. The molecule has 0 saturated carbocycles. The van der Waals surface area contributed by atoms with E-state index in [0.717, 1.165) is 13.0 Å². The summed E-state index contributed by atoms with van der Waals surface area (Å²) in [4.78, 5) is 25.5. The number of carbonyl (C=O) groups excluding carboxylic acids is 2. The van der Waals surface area contributed by atoms with Crippen molar-refractivity contribution < 1.29 is 19.8 Å². The summed E-state index contributed by atoms with van der Waals surface area (Å²) >= 11 is 0. The van der Waals surface area contributed by atoms with Gasteiger partial charge < -0.3 is 37.2 Å². The number of nitrogens with one attached hydrogen (secondary N) is 2. The second-order valence-corrected chi connectivity index (χ2v) is 5.73. The van der Waals surface area contributed by atoms with Crippen molar-refractivity contribution in [2.45, 2.75) is 38.4 Å². The Kier molecular flexibility index (Phi) is 13.4. The first-order valence-electron chi connectivity index (χ1n) is 8.44. The van der Waals surface area contributed by atoms with E-state index in [4.69, 9.17) is 11.5 Å². The summed E-state index contributed by atoms with van der Waals surface area (Å²) in [6, 6.07) is 0. The molecule has 0 aromatic carbocycles. The lowest BCUT2D eigenvalue weighted by Gasteiger charge is -2.21. The van der Waals surface area contributed by atoms with Crippen LogP contribution in [-0.2, 0) is 9.59 Å². The van der Waals surface area contributed by atoms with Gasteiger partial charge in [0.2, 0.25) is 11.8 Å². The van der Waals surface area contributed by atoms with E-state index in [1.807, 2.05) is 11.8 Å². The molecule has 2 atom stereocenters. The average Bonchev–Trinajstić information content (AvgIpc) is 2.59. The topological polar surface area (TPSA) is 154 Å². The second kappa shape index (κ2) is 14.1. The number of nitrogens with two attached hydrogens (primary N) is 2. The number of aliphatic hydroxyl groups is 2. The third kappa shape index (κ3) is 12.2. The quantitative estimate of drug-likeness (QED) is 0.201. The first-order chi connectivity index (χ1) is 11.4. The molecular weight excluding hydrogens is 314 g/mol. The van der Waals surface area contributed by atoms with E-state index in [2.05, 4.69) is 10.6 Å². The van der Waals surface area contributed by atoms with Crippen LogP contribution in [0.3, 0.4) is 0 Å². The molecule has 24 heavy (non-hydrogen) atoms. The molecular formula is C15H33N5O4. The van der Waals surface area contributed by atoms with E-state index in [-0.39, 0.29) is 38.0 Å². The minimum absolute atomic E-state index is 0.107. The highest BCUT2D eigenvalue weighted by molar-refractivity contribution is 5.76. The van der Waals surface area contributed by atoms with Crippen LogP contribution >= 0.6 is 0 Å². The maximum atomic E-state index is 11.7. The summed E-state index contributed by atoms with van der Waals surface area (Å²) in [5.41, 5.74) is 10.5. The zero-order valence-corrected chi connectivity index (χ0v) is 14.5. The van der Waals surface area contributed by atoms with Gasteiger partial charge in [0.05, 0.1) is 12.2 Å². The summed E-state index contributed by atoms with van der Waals surface area (Å²) in [7, 11) is 0. The number of nitrogens with zero attached hydrogens (tertiary/aromatic N) is 1. The largest absolute Gasteiger partial charge is 0.390 e. The van der Waals surface area contributed by atoms with Gasteiger partial charge in [0.15, 0.2) is 0 Å². The van der Waals surface area contributed by atoms with E-state index < -0.39 is 12.2 Å². The molecule has 2 amide bonds. The van der Waals surface area contributed by atoms with Crippen LogP contribution in [0.5, 0.6) is 0 Å². The standard InChI is InChI=1S/C15H33N5O4/c1-2-5-20(6-3-14(23)18-10-12(21)8-16)7-4-15(24)19-11-13(22)9-17/h12-13,21-22H,2-11,16-17H2,1H3,(H,18,23)(H,19,24). The minimum Gasteiger partial charge on any atom is -0.390 e. The van der Waals surface area contributed by atoms with Crippen LogP contribution in [0.25, 0.3) is 0 Å². The highest BCUT2D eigenvalue weighted by Gasteiger charge is 2.11. The fraction of sp³-hybridized carbons (Fsp3) is 0.867. The van der Waals surface area contributed by atoms with Gasteiger partial charge in [-0.1, -0.05) is 6.92 Å². The first-order valence-corrected chi connectivity index (χ1v) is 8.44. The second-order valence-electron chi connectivity index (χ2n) is 5.73. The van der Waals surface area contributed by atoms with Crippen LogP contribution < -0.4 is 22.1 Å². The fourth-order valence-corrected chi connectivity index (χ4v) is 1.98. The van der Waals surface area contributed by atoms with Crippen molar-refractivity contribution in [1.82, 2.24) is 15.5 Å². The highest BCUT2D eigenvalue weighted by Crippen LogP contribution is 1.97. The molecule has 0 rings (SSSR count). The van der Waals surface area contributed by atoms with E-state index in [1.165, 1.54) is 0 Å². The number of aliphatic hydroxyl groups excluding tert-OH is 2. The van der Waals surface area contributed by atoms with Gasteiger partial charge in [-0.05, 0) is 13.0 Å². The van der Waals surface area contributed by atoms with Gasteiger partial charge in [0.1, 0.15) is 0 Å². The van der Waals surface area contributed by atoms with Crippen LogP contribution in [0.2, 0.25) is 0 Å². The first kappa shape index (κ1) is 22.7. The zero-order valence-electron chi connectivity index (χ0n) is 14.5. The molecule has 0 spiro atoms. The molecule has 0 aliphatic heterocycles. The summed E-state index contributed by atoms with van der Waals surface area (Å²) in [5.74, 6) is -0.307. The normalized spacial score (nSPS) is 13.6. The minimum atomic E-state index is -0.728. The Labute approximate surface area is 143 Å². The lowest BCUT2D eigenvalue weighted by Crippen LogP contribution is -2.39. The number of hydrogen-bond acceptors (Lipinski definition) is 7. The van der Waals surface area contributed by atoms with Crippen molar-refractivity contribution in [2.75, 3.05) is 45.8 Å². The molecule has 9 heteroatoms. The smallest absolute Gasteiger partial charge is 0.221 e. The summed E-state index contributed by atoms with van der Waals surface area (Å²) in [6.07, 6.45) is 0.0536. The van der Waals surface area contributed by atoms with Crippen LogP contribution in [0.15, 0.2) is 0 Å². The molecule has 0 aromatic rings. The molecule has 0 bridgehead atoms. The lowest BCUT2D eigenvalue weighted by molar-refractivity contribution is -0.121. The molecule has 142 valence electrons. The Hall–Kier alpha value is -1.26. The van der Waals surface area contributed by atoms with Crippen LogP contribution in [-0.4, -0.2) is 84.9 Å². The van der Waals surface area contributed by atoms with Gasteiger partial charge in [-0.3, -0.25) is 9.59 Å². The van der Waals surface area contributed by atoms with Gasteiger partial charge in [-0.25, -0.2) is 0 Å². The number of hydrogen-bond donors (Lipinski definition) is 6. The Balaban J connectivity index is 4.03. The van der Waals surface area contributed by atoms with Crippen molar-refractivity contribution in [1.29, 1.82) is 0 Å². The van der Waals surface area contributed by atoms with Crippen LogP contribution in [0.1, 0.15) is 26.2 Å². The Morgan fingerprint density at radius 2 is 1.33 bits per heavy atom. The van der Waals surface area contributed by atoms with Gasteiger partial charge in [-0.2, -0.15) is 0 Å². The predicted molar refractivity (Wildman–Crippen MR) is 92.1 cm³/mol. The molecule has 0 fully saturated rings. The van der Waals surface area contributed by atoms with Crippen molar-refractivity contribution in [3.8, 4) is 0 Å². The van der Waals surface area contributed by atoms with Crippen molar-refractivity contribution >= 4 is 11.8 Å². The number of rotatable bonds is 14. The molecule has 9 nitrogen and oxygen atoms in total. The monoisotopic (exact) mass is 347 g/mol. The predicted octanol–water partition coefficient (Wildman–Crippen LogP) is -2.65. The summed E-state index contributed by atoms with van der Waals surface area (Å²) in [5, 5.41) is 23.8. The van der Waals surface area contributed by atoms with E-state index in [1.54, 1.807) is 0 Å². The molecule has 0 aliphatic rings.